The van der Waals surface area contributed by atoms with Crippen LogP contribution >= 0.6 is 11.6 Å². The van der Waals surface area contributed by atoms with Gasteiger partial charge in [0.15, 0.2) is 0 Å². The fourth-order valence-electron chi connectivity index (χ4n) is 2.91. The van der Waals surface area contributed by atoms with E-state index in [1.54, 1.807) is 36.4 Å². The molecule has 0 N–H and O–H groups in total. The first-order valence-electron chi connectivity index (χ1n) is 8.22. The number of halogens is 1. The monoisotopic (exact) mass is 405 g/mol. The quantitative estimate of drug-likeness (QED) is 0.648. The fraction of sp³-hybridized carbons (Fsp3) is 0.222. The second-order valence-electron chi connectivity index (χ2n) is 6.14. The van der Waals surface area contributed by atoms with Crippen LogP contribution in [0.1, 0.15) is 11.8 Å². The van der Waals surface area contributed by atoms with Gasteiger partial charge in [0.2, 0.25) is 21.7 Å². The highest BCUT2D eigenvalue weighted by molar-refractivity contribution is 7.89. The number of para-hydroxylation sites is 1. The van der Waals surface area contributed by atoms with Crippen molar-refractivity contribution in [1.82, 2.24) is 14.4 Å². The first kappa shape index (κ1) is 18.0. The van der Waals surface area contributed by atoms with Gasteiger partial charge in [-0.25, -0.2) is 8.42 Å². The third-order valence-corrected chi connectivity index (χ3v) is 6.51. The molecule has 1 fully saturated rings. The van der Waals surface area contributed by atoms with E-state index in [-0.39, 0.29) is 23.9 Å². The maximum atomic E-state index is 12.8. The van der Waals surface area contributed by atoms with Crippen molar-refractivity contribution in [2.75, 3.05) is 20.2 Å². The number of sulfonamides is 1. The van der Waals surface area contributed by atoms with Crippen molar-refractivity contribution in [3.8, 4) is 17.1 Å². The zero-order valence-corrected chi connectivity index (χ0v) is 15.9. The van der Waals surface area contributed by atoms with E-state index in [1.165, 1.54) is 17.5 Å². The molecule has 4 rings (SSSR count). The van der Waals surface area contributed by atoms with E-state index in [0.717, 1.165) is 5.56 Å². The average Bonchev–Trinajstić information content (AvgIpc) is 3.10. The molecule has 0 atom stereocenters. The number of ether oxygens (including phenoxy) is 1. The molecule has 0 unspecified atom stereocenters. The van der Waals surface area contributed by atoms with Gasteiger partial charge in [-0.05, 0) is 24.3 Å². The van der Waals surface area contributed by atoms with Gasteiger partial charge < -0.3 is 9.26 Å². The molecule has 0 amide bonds. The highest BCUT2D eigenvalue weighted by Gasteiger charge is 2.41. The second kappa shape index (κ2) is 6.95. The minimum absolute atomic E-state index is 0.144. The van der Waals surface area contributed by atoms with Gasteiger partial charge in [0.1, 0.15) is 10.6 Å². The van der Waals surface area contributed by atoms with Crippen LogP contribution in [-0.2, 0) is 10.0 Å². The van der Waals surface area contributed by atoms with Gasteiger partial charge >= 0.3 is 0 Å². The number of hydrogen-bond acceptors (Lipinski definition) is 6. The Morgan fingerprint density at radius 2 is 1.96 bits per heavy atom. The smallest absolute Gasteiger partial charge is 0.246 e. The summed E-state index contributed by atoms with van der Waals surface area (Å²) in [6, 6.07) is 13.7. The molecule has 7 nitrogen and oxygen atoms in total. The van der Waals surface area contributed by atoms with Gasteiger partial charge in [-0.2, -0.15) is 9.29 Å². The lowest BCUT2D eigenvalue weighted by molar-refractivity contribution is 0.216. The topological polar surface area (TPSA) is 85.5 Å². The molecule has 9 heteroatoms. The van der Waals surface area contributed by atoms with Crippen LogP contribution in [0.15, 0.2) is 57.9 Å². The molecule has 3 aromatic rings. The van der Waals surface area contributed by atoms with Crippen molar-refractivity contribution >= 4 is 21.6 Å². The summed E-state index contributed by atoms with van der Waals surface area (Å²) in [5, 5.41) is 4.55. The Kier molecular flexibility index (Phi) is 4.63. The van der Waals surface area contributed by atoms with Crippen molar-refractivity contribution in [1.29, 1.82) is 0 Å². The SMILES string of the molecule is COc1ccccc1S(=O)(=O)N1CC(c2nc(-c3cccc(Cl)c3)no2)C1. The molecular formula is C18H16ClN3O4S. The maximum Gasteiger partial charge on any atom is 0.246 e. The number of rotatable bonds is 5. The molecule has 0 saturated carbocycles. The molecule has 140 valence electrons. The predicted molar refractivity (Wildman–Crippen MR) is 99.2 cm³/mol. The van der Waals surface area contributed by atoms with Gasteiger partial charge in [0.05, 0.1) is 13.0 Å². The Bertz CT molecular complexity index is 1080. The molecular weight excluding hydrogens is 390 g/mol. The van der Waals surface area contributed by atoms with E-state index in [0.29, 0.717) is 22.5 Å². The largest absolute Gasteiger partial charge is 0.495 e. The van der Waals surface area contributed by atoms with Crippen LogP contribution in [-0.4, -0.2) is 43.1 Å². The highest BCUT2D eigenvalue weighted by Crippen LogP contribution is 2.35. The number of hydrogen-bond donors (Lipinski definition) is 0. The number of methoxy groups -OCH3 is 1. The van der Waals surface area contributed by atoms with Crippen LogP contribution in [0.4, 0.5) is 0 Å². The first-order chi connectivity index (χ1) is 13.0. The van der Waals surface area contributed by atoms with Crippen molar-refractivity contribution in [3.05, 3.63) is 59.4 Å². The van der Waals surface area contributed by atoms with Crippen LogP contribution in [0, 0.1) is 0 Å². The Labute approximate surface area is 161 Å². The van der Waals surface area contributed by atoms with Crippen molar-refractivity contribution in [3.63, 3.8) is 0 Å². The van der Waals surface area contributed by atoms with Crippen molar-refractivity contribution in [2.45, 2.75) is 10.8 Å². The van der Waals surface area contributed by atoms with E-state index in [9.17, 15) is 8.42 Å². The molecule has 1 aliphatic rings. The Hall–Kier alpha value is -2.42. The third kappa shape index (κ3) is 3.31. The zero-order valence-electron chi connectivity index (χ0n) is 14.4. The fourth-order valence-corrected chi connectivity index (χ4v) is 4.78. The van der Waals surface area contributed by atoms with Crippen LogP contribution in [0.25, 0.3) is 11.4 Å². The van der Waals surface area contributed by atoms with Gasteiger partial charge in [0.25, 0.3) is 0 Å². The van der Waals surface area contributed by atoms with Crippen molar-refractivity contribution in [2.24, 2.45) is 0 Å². The van der Waals surface area contributed by atoms with Crippen LogP contribution in [0.3, 0.4) is 0 Å². The molecule has 0 aliphatic carbocycles. The van der Waals surface area contributed by atoms with Gasteiger partial charge in [0, 0.05) is 23.7 Å². The van der Waals surface area contributed by atoms with E-state index in [4.69, 9.17) is 20.9 Å². The van der Waals surface area contributed by atoms with Crippen LogP contribution in [0.5, 0.6) is 5.75 Å². The molecule has 27 heavy (non-hydrogen) atoms. The second-order valence-corrected chi connectivity index (χ2v) is 8.48. The zero-order chi connectivity index (χ0) is 19.0. The molecule has 0 bridgehead atoms. The molecule has 2 heterocycles. The van der Waals surface area contributed by atoms with Crippen LogP contribution in [0.2, 0.25) is 5.02 Å². The number of aromatic nitrogens is 2. The van der Waals surface area contributed by atoms with Gasteiger partial charge in [-0.15, -0.1) is 0 Å². The summed E-state index contributed by atoms with van der Waals surface area (Å²) in [4.78, 5) is 4.53. The summed E-state index contributed by atoms with van der Waals surface area (Å²) in [7, 11) is -2.19. The Morgan fingerprint density at radius 3 is 2.70 bits per heavy atom. The summed E-state index contributed by atoms with van der Waals surface area (Å²) in [6.45, 7) is 0.551. The lowest BCUT2D eigenvalue weighted by atomic mass is 10.0. The Morgan fingerprint density at radius 1 is 1.19 bits per heavy atom. The number of nitrogens with zero attached hydrogens (tertiary/aromatic N) is 3. The third-order valence-electron chi connectivity index (χ3n) is 4.41. The molecule has 1 saturated heterocycles. The lowest BCUT2D eigenvalue weighted by Gasteiger charge is -2.36. The summed E-state index contributed by atoms with van der Waals surface area (Å²) in [6.07, 6.45) is 0. The summed E-state index contributed by atoms with van der Waals surface area (Å²) < 4.78 is 37.5. The lowest BCUT2D eigenvalue weighted by Crippen LogP contribution is -2.48. The van der Waals surface area contributed by atoms with E-state index in [2.05, 4.69) is 10.1 Å². The predicted octanol–water partition coefficient (Wildman–Crippen LogP) is 3.19. The highest BCUT2D eigenvalue weighted by atomic mass is 35.5. The van der Waals surface area contributed by atoms with E-state index in [1.807, 2.05) is 6.07 Å². The van der Waals surface area contributed by atoms with Crippen LogP contribution < -0.4 is 4.74 Å². The van der Waals surface area contributed by atoms with E-state index >= 15 is 0 Å². The van der Waals surface area contributed by atoms with E-state index < -0.39 is 10.0 Å². The minimum Gasteiger partial charge on any atom is -0.495 e. The number of benzene rings is 2. The van der Waals surface area contributed by atoms with Gasteiger partial charge in [-0.3, -0.25) is 0 Å². The molecule has 1 aromatic heterocycles. The maximum absolute atomic E-state index is 12.8. The molecule has 2 aromatic carbocycles. The molecule has 0 radical (unpaired) electrons. The standard InChI is InChI=1S/C18H16ClN3O4S/c1-25-15-7-2-3-8-16(15)27(23,24)22-10-13(11-22)18-20-17(21-26-18)12-5-4-6-14(19)9-12/h2-9,13H,10-11H2,1H3. The minimum atomic E-state index is -3.64. The van der Waals surface area contributed by atoms with Gasteiger partial charge in [-0.1, -0.05) is 41.0 Å². The average molecular weight is 406 g/mol. The summed E-state index contributed by atoms with van der Waals surface area (Å²) in [5.41, 5.74) is 0.746. The Balaban J connectivity index is 1.50. The molecule has 1 aliphatic heterocycles. The summed E-state index contributed by atoms with van der Waals surface area (Å²) in [5.74, 6) is 1.02. The molecule has 0 spiro atoms. The van der Waals surface area contributed by atoms with Crippen molar-refractivity contribution < 1.29 is 17.7 Å². The summed E-state index contributed by atoms with van der Waals surface area (Å²) >= 11 is 5.99. The first-order valence-corrected chi connectivity index (χ1v) is 10.0. The normalized spacial score (nSPS) is 15.5.